The molecule has 0 aliphatic carbocycles. The summed E-state index contributed by atoms with van der Waals surface area (Å²) >= 11 is 1.43. The lowest BCUT2D eigenvalue weighted by atomic mass is 10.3. The van der Waals surface area contributed by atoms with Crippen LogP contribution in [0.2, 0.25) is 0 Å². The molecule has 0 unspecified atom stereocenters. The second-order valence-electron chi connectivity index (χ2n) is 4.19. The SMILES string of the molecule is COCCOCCCNC(=O)c1csc(C#CCCO)c1. The molecule has 1 heterocycles. The van der Waals surface area contributed by atoms with Crippen LogP contribution in [0.5, 0.6) is 0 Å². The molecule has 6 heteroatoms. The predicted octanol–water partition coefficient (Wildman–Crippen LogP) is 1.26. The van der Waals surface area contributed by atoms with Crippen molar-refractivity contribution in [2.45, 2.75) is 12.8 Å². The third-order valence-corrected chi connectivity index (χ3v) is 3.34. The summed E-state index contributed by atoms with van der Waals surface area (Å²) in [5, 5.41) is 13.3. The molecule has 0 bridgehead atoms. The fourth-order valence-corrected chi connectivity index (χ4v) is 2.20. The average molecular weight is 311 g/mol. The van der Waals surface area contributed by atoms with Crippen molar-refractivity contribution in [3.05, 3.63) is 21.9 Å². The van der Waals surface area contributed by atoms with Gasteiger partial charge in [0.1, 0.15) is 0 Å². The van der Waals surface area contributed by atoms with E-state index in [0.29, 0.717) is 38.3 Å². The summed E-state index contributed by atoms with van der Waals surface area (Å²) in [6.45, 7) is 2.39. The molecule has 0 saturated heterocycles. The topological polar surface area (TPSA) is 67.8 Å². The van der Waals surface area contributed by atoms with Gasteiger partial charge in [-0.2, -0.15) is 0 Å². The second-order valence-corrected chi connectivity index (χ2v) is 5.10. The van der Waals surface area contributed by atoms with Crippen molar-refractivity contribution in [3.8, 4) is 11.8 Å². The highest BCUT2D eigenvalue weighted by atomic mass is 32.1. The molecule has 1 aromatic heterocycles. The summed E-state index contributed by atoms with van der Waals surface area (Å²) in [6.07, 6.45) is 1.21. The summed E-state index contributed by atoms with van der Waals surface area (Å²) in [4.78, 5) is 12.7. The van der Waals surface area contributed by atoms with Gasteiger partial charge in [0.25, 0.3) is 5.91 Å². The van der Waals surface area contributed by atoms with Crippen LogP contribution < -0.4 is 5.32 Å². The van der Waals surface area contributed by atoms with E-state index in [0.717, 1.165) is 11.3 Å². The number of nitrogens with one attached hydrogen (secondary N) is 1. The van der Waals surface area contributed by atoms with E-state index in [1.54, 1.807) is 18.6 Å². The maximum absolute atomic E-state index is 11.9. The molecule has 116 valence electrons. The standard InChI is InChI=1S/C15H21NO4S/c1-19-9-10-20-8-4-6-16-15(18)13-11-14(21-12-13)5-2-3-7-17/h11-12,17H,3-4,6-10H2,1H3,(H,16,18). The quantitative estimate of drug-likeness (QED) is 0.532. The Hall–Kier alpha value is -1.39. The molecule has 0 fully saturated rings. The van der Waals surface area contributed by atoms with Crippen LogP contribution in [-0.2, 0) is 9.47 Å². The zero-order chi connectivity index (χ0) is 15.3. The number of hydrogen-bond acceptors (Lipinski definition) is 5. The normalized spacial score (nSPS) is 10.0. The van der Waals surface area contributed by atoms with E-state index < -0.39 is 0 Å². The Kier molecular flexibility index (Phi) is 9.49. The van der Waals surface area contributed by atoms with Crippen molar-refractivity contribution < 1.29 is 19.4 Å². The van der Waals surface area contributed by atoms with Gasteiger partial charge in [-0.25, -0.2) is 0 Å². The lowest BCUT2D eigenvalue weighted by Crippen LogP contribution is -2.24. The van der Waals surface area contributed by atoms with E-state index in [2.05, 4.69) is 17.2 Å². The molecule has 0 aliphatic heterocycles. The molecule has 0 aromatic carbocycles. The van der Waals surface area contributed by atoms with Crippen molar-refractivity contribution in [2.24, 2.45) is 0 Å². The lowest BCUT2D eigenvalue weighted by molar-refractivity contribution is 0.0688. The first-order chi connectivity index (χ1) is 10.3. The summed E-state index contributed by atoms with van der Waals surface area (Å²) in [5.41, 5.74) is 0.619. The van der Waals surface area contributed by atoms with Crippen LogP contribution in [0.1, 0.15) is 28.1 Å². The summed E-state index contributed by atoms with van der Waals surface area (Å²) < 4.78 is 10.2. The molecule has 1 aromatic rings. The Morgan fingerprint density at radius 1 is 1.43 bits per heavy atom. The molecule has 0 radical (unpaired) electrons. The van der Waals surface area contributed by atoms with Gasteiger partial charge >= 0.3 is 0 Å². The van der Waals surface area contributed by atoms with Crippen LogP contribution in [0.3, 0.4) is 0 Å². The van der Waals surface area contributed by atoms with Crippen molar-refractivity contribution >= 4 is 17.2 Å². The second kappa shape index (κ2) is 11.3. The molecule has 5 nitrogen and oxygen atoms in total. The molecule has 0 atom stereocenters. The Morgan fingerprint density at radius 2 is 2.29 bits per heavy atom. The van der Waals surface area contributed by atoms with Gasteiger partial charge in [0.15, 0.2) is 0 Å². The monoisotopic (exact) mass is 311 g/mol. The molecule has 21 heavy (non-hydrogen) atoms. The van der Waals surface area contributed by atoms with Gasteiger partial charge in [0.2, 0.25) is 0 Å². The third kappa shape index (κ3) is 7.83. The van der Waals surface area contributed by atoms with E-state index in [9.17, 15) is 4.79 Å². The summed E-state index contributed by atoms with van der Waals surface area (Å²) in [7, 11) is 1.63. The minimum absolute atomic E-state index is 0.0537. The van der Waals surface area contributed by atoms with Crippen molar-refractivity contribution in [2.75, 3.05) is 40.1 Å². The number of thiophene rings is 1. The number of methoxy groups -OCH3 is 1. The van der Waals surface area contributed by atoms with Gasteiger partial charge in [-0.15, -0.1) is 11.3 Å². The van der Waals surface area contributed by atoms with E-state index >= 15 is 0 Å². The van der Waals surface area contributed by atoms with Crippen LogP contribution in [0.4, 0.5) is 0 Å². The van der Waals surface area contributed by atoms with Gasteiger partial charge in [-0.1, -0.05) is 11.8 Å². The Balaban J connectivity index is 2.22. The molecule has 2 N–H and O–H groups in total. The summed E-state index contributed by atoms with van der Waals surface area (Å²) in [5.74, 6) is 5.65. The lowest BCUT2D eigenvalue weighted by Gasteiger charge is -2.05. The number of amides is 1. The first-order valence-electron chi connectivity index (χ1n) is 6.81. The van der Waals surface area contributed by atoms with Gasteiger partial charge < -0.3 is 19.9 Å². The zero-order valence-corrected chi connectivity index (χ0v) is 13.0. The Labute approximate surface area is 129 Å². The smallest absolute Gasteiger partial charge is 0.252 e. The number of aliphatic hydroxyl groups excluding tert-OH is 1. The predicted molar refractivity (Wildman–Crippen MR) is 82.5 cm³/mol. The van der Waals surface area contributed by atoms with Crippen LogP contribution in [-0.4, -0.2) is 51.1 Å². The molecular weight excluding hydrogens is 290 g/mol. The Morgan fingerprint density at radius 3 is 3.05 bits per heavy atom. The maximum atomic E-state index is 11.9. The van der Waals surface area contributed by atoms with Gasteiger partial charge in [-0.05, 0) is 12.5 Å². The third-order valence-electron chi connectivity index (χ3n) is 2.49. The van der Waals surface area contributed by atoms with Crippen molar-refractivity contribution in [3.63, 3.8) is 0 Å². The number of carbonyl (C=O) groups excluding carboxylic acids is 1. The van der Waals surface area contributed by atoms with Gasteiger partial charge in [0.05, 0.1) is 30.3 Å². The van der Waals surface area contributed by atoms with Crippen LogP contribution >= 0.6 is 11.3 Å². The van der Waals surface area contributed by atoms with Gasteiger partial charge in [-0.3, -0.25) is 4.79 Å². The largest absolute Gasteiger partial charge is 0.395 e. The molecule has 1 amide bonds. The number of aliphatic hydroxyl groups is 1. The van der Waals surface area contributed by atoms with E-state index in [1.165, 1.54) is 11.3 Å². The highest BCUT2D eigenvalue weighted by Crippen LogP contribution is 2.13. The summed E-state index contributed by atoms with van der Waals surface area (Å²) in [6, 6.07) is 1.76. The maximum Gasteiger partial charge on any atom is 0.252 e. The number of ether oxygens (including phenoxy) is 2. The minimum Gasteiger partial charge on any atom is -0.395 e. The van der Waals surface area contributed by atoms with E-state index in [1.807, 2.05) is 0 Å². The van der Waals surface area contributed by atoms with Crippen LogP contribution in [0.25, 0.3) is 0 Å². The molecule has 0 saturated carbocycles. The van der Waals surface area contributed by atoms with Crippen molar-refractivity contribution in [1.29, 1.82) is 0 Å². The number of hydrogen-bond donors (Lipinski definition) is 2. The number of carbonyl (C=O) groups is 1. The highest BCUT2D eigenvalue weighted by molar-refractivity contribution is 7.10. The molecule has 0 aliphatic rings. The fourth-order valence-electron chi connectivity index (χ4n) is 1.45. The van der Waals surface area contributed by atoms with E-state index in [-0.39, 0.29) is 12.5 Å². The van der Waals surface area contributed by atoms with E-state index in [4.69, 9.17) is 14.6 Å². The Bertz CT molecular complexity index is 476. The molecule has 0 spiro atoms. The molecule has 1 rings (SSSR count). The first-order valence-corrected chi connectivity index (χ1v) is 7.69. The molecular formula is C15H21NO4S. The minimum atomic E-state index is -0.0988. The fraction of sp³-hybridized carbons (Fsp3) is 0.533. The zero-order valence-electron chi connectivity index (χ0n) is 12.2. The van der Waals surface area contributed by atoms with Crippen LogP contribution in [0, 0.1) is 11.8 Å². The van der Waals surface area contributed by atoms with Crippen LogP contribution in [0.15, 0.2) is 11.4 Å². The van der Waals surface area contributed by atoms with Crippen molar-refractivity contribution in [1.82, 2.24) is 5.32 Å². The average Bonchev–Trinajstić information content (AvgIpc) is 2.95. The van der Waals surface area contributed by atoms with Gasteiger partial charge in [0, 0.05) is 32.1 Å². The first kappa shape index (κ1) is 17.7. The highest BCUT2D eigenvalue weighted by Gasteiger charge is 2.06. The number of rotatable bonds is 9.